The molecule has 2 rings (SSSR count). The lowest BCUT2D eigenvalue weighted by molar-refractivity contribution is 0.197. The fourth-order valence-electron chi connectivity index (χ4n) is 2.38. The highest BCUT2D eigenvalue weighted by Crippen LogP contribution is 2.24. The van der Waals surface area contributed by atoms with Crippen molar-refractivity contribution in [3.05, 3.63) is 11.0 Å². The molecule has 0 radical (unpaired) electrons. The molecule has 0 amide bonds. The third-order valence-corrected chi connectivity index (χ3v) is 4.62. The summed E-state index contributed by atoms with van der Waals surface area (Å²) in [6, 6.07) is 0.167. The maximum absolute atomic E-state index is 11.4. The van der Waals surface area contributed by atoms with Gasteiger partial charge in [0.2, 0.25) is 0 Å². The first-order chi connectivity index (χ1) is 6.58. The normalized spacial score (nSPS) is 32.9. The molecular formula is C10H17NO2S. The Kier molecular flexibility index (Phi) is 2.66. The van der Waals surface area contributed by atoms with Gasteiger partial charge in [0, 0.05) is 11.4 Å². The van der Waals surface area contributed by atoms with Crippen LogP contribution in [0.4, 0.5) is 0 Å². The summed E-state index contributed by atoms with van der Waals surface area (Å²) < 4.78 is 22.8. The molecular weight excluding hydrogens is 198 g/mol. The van der Waals surface area contributed by atoms with Crippen molar-refractivity contribution in [3.63, 3.8) is 0 Å². The quantitative estimate of drug-likeness (QED) is 0.659. The molecule has 0 aromatic carbocycles. The van der Waals surface area contributed by atoms with Crippen LogP contribution in [0.5, 0.6) is 0 Å². The minimum atomic E-state index is -2.90. The van der Waals surface area contributed by atoms with Crippen LogP contribution in [0.2, 0.25) is 0 Å². The van der Waals surface area contributed by atoms with Gasteiger partial charge in [-0.05, 0) is 38.4 Å². The lowest BCUT2D eigenvalue weighted by atomic mass is 10.1. The molecule has 14 heavy (non-hydrogen) atoms. The second-order valence-electron chi connectivity index (χ2n) is 4.30. The van der Waals surface area contributed by atoms with Crippen molar-refractivity contribution in [2.24, 2.45) is 0 Å². The van der Waals surface area contributed by atoms with E-state index in [0.717, 1.165) is 18.7 Å². The Hall–Kier alpha value is -0.350. The van der Waals surface area contributed by atoms with Crippen LogP contribution in [0.25, 0.3) is 0 Å². The highest BCUT2D eigenvalue weighted by molar-refractivity contribution is 7.94. The Morgan fingerprint density at radius 2 is 1.93 bits per heavy atom. The third kappa shape index (κ3) is 2.01. The fourth-order valence-corrected chi connectivity index (χ4v) is 4.12. The first-order valence-corrected chi connectivity index (χ1v) is 6.95. The fraction of sp³-hybridized carbons (Fsp3) is 0.800. The predicted molar refractivity (Wildman–Crippen MR) is 56.8 cm³/mol. The Labute approximate surface area is 85.7 Å². The molecule has 80 valence electrons. The van der Waals surface area contributed by atoms with Crippen LogP contribution in [0.3, 0.4) is 0 Å². The summed E-state index contributed by atoms with van der Waals surface area (Å²) >= 11 is 0. The summed E-state index contributed by atoms with van der Waals surface area (Å²) in [4.78, 5) is 2.32. The molecule has 2 aliphatic heterocycles. The molecule has 0 aliphatic carbocycles. The van der Waals surface area contributed by atoms with Gasteiger partial charge in [0.15, 0.2) is 9.84 Å². The summed E-state index contributed by atoms with van der Waals surface area (Å²) in [5.74, 6) is 0.304. The van der Waals surface area contributed by atoms with E-state index in [4.69, 9.17) is 0 Å². The molecule has 3 nitrogen and oxygen atoms in total. The summed E-state index contributed by atoms with van der Waals surface area (Å²) in [7, 11) is -2.90. The van der Waals surface area contributed by atoms with Gasteiger partial charge in [0.05, 0.1) is 5.75 Å². The standard InChI is InChI=1S/C10H17NO2S/c1-9-7-14(12,13)8-10(9)11-5-3-2-4-6-11/h7,10H,2-6,8H2,1H3. The van der Waals surface area contributed by atoms with E-state index in [0.29, 0.717) is 5.75 Å². The first kappa shape index (κ1) is 10.2. The van der Waals surface area contributed by atoms with Crippen LogP contribution in [-0.2, 0) is 9.84 Å². The molecule has 0 N–H and O–H groups in total. The zero-order chi connectivity index (χ0) is 10.2. The van der Waals surface area contributed by atoms with E-state index in [1.165, 1.54) is 24.7 Å². The molecule has 2 heterocycles. The molecule has 1 fully saturated rings. The topological polar surface area (TPSA) is 37.4 Å². The highest BCUT2D eigenvalue weighted by atomic mass is 32.2. The van der Waals surface area contributed by atoms with Crippen LogP contribution in [0, 0.1) is 0 Å². The lowest BCUT2D eigenvalue weighted by Gasteiger charge is -2.32. The minimum Gasteiger partial charge on any atom is -0.296 e. The Balaban J connectivity index is 2.10. The van der Waals surface area contributed by atoms with Crippen LogP contribution >= 0.6 is 0 Å². The summed E-state index contributed by atoms with van der Waals surface area (Å²) in [6.07, 6.45) is 3.71. The SMILES string of the molecule is CC1=CS(=O)(=O)CC1N1CCCCC1. The van der Waals surface area contributed by atoms with E-state index < -0.39 is 9.84 Å². The molecule has 1 saturated heterocycles. The Bertz CT molecular complexity index is 339. The monoisotopic (exact) mass is 215 g/mol. The van der Waals surface area contributed by atoms with Gasteiger partial charge >= 0.3 is 0 Å². The van der Waals surface area contributed by atoms with Gasteiger partial charge in [-0.25, -0.2) is 8.42 Å². The molecule has 2 aliphatic rings. The van der Waals surface area contributed by atoms with E-state index in [1.54, 1.807) is 0 Å². The third-order valence-electron chi connectivity index (χ3n) is 3.11. The van der Waals surface area contributed by atoms with Crippen molar-refractivity contribution < 1.29 is 8.42 Å². The summed E-state index contributed by atoms with van der Waals surface area (Å²) in [6.45, 7) is 4.06. The van der Waals surface area contributed by atoms with Crippen LogP contribution in [0.1, 0.15) is 26.2 Å². The van der Waals surface area contributed by atoms with Crippen molar-refractivity contribution in [3.8, 4) is 0 Å². The van der Waals surface area contributed by atoms with Gasteiger partial charge in [0.1, 0.15) is 0 Å². The van der Waals surface area contributed by atoms with Crippen molar-refractivity contribution in [2.45, 2.75) is 32.2 Å². The Morgan fingerprint density at radius 3 is 2.43 bits per heavy atom. The minimum absolute atomic E-state index is 0.167. The second kappa shape index (κ2) is 3.66. The van der Waals surface area contributed by atoms with Gasteiger partial charge in [0.25, 0.3) is 0 Å². The smallest absolute Gasteiger partial charge is 0.173 e. The number of likely N-dealkylation sites (tertiary alicyclic amines) is 1. The first-order valence-electron chi connectivity index (χ1n) is 5.23. The van der Waals surface area contributed by atoms with Crippen LogP contribution in [0.15, 0.2) is 11.0 Å². The molecule has 1 unspecified atom stereocenters. The van der Waals surface area contributed by atoms with E-state index in [9.17, 15) is 8.42 Å². The number of sulfone groups is 1. The molecule has 0 aromatic rings. The summed E-state index contributed by atoms with van der Waals surface area (Å²) in [5.41, 5.74) is 1.02. The maximum atomic E-state index is 11.4. The summed E-state index contributed by atoms with van der Waals surface area (Å²) in [5, 5.41) is 1.45. The zero-order valence-corrected chi connectivity index (χ0v) is 9.39. The van der Waals surface area contributed by atoms with Crippen molar-refractivity contribution in [1.29, 1.82) is 0 Å². The molecule has 0 aromatic heterocycles. The predicted octanol–water partition coefficient (Wildman–Crippen LogP) is 1.17. The zero-order valence-electron chi connectivity index (χ0n) is 8.57. The number of piperidine rings is 1. The number of hydrogen-bond donors (Lipinski definition) is 0. The number of hydrogen-bond acceptors (Lipinski definition) is 3. The van der Waals surface area contributed by atoms with Gasteiger partial charge < -0.3 is 0 Å². The second-order valence-corrected chi connectivity index (χ2v) is 6.20. The highest BCUT2D eigenvalue weighted by Gasteiger charge is 2.31. The van der Waals surface area contributed by atoms with Gasteiger partial charge in [-0.2, -0.15) is 0 Å². The number of nitrogens with zero attached hydrogens (tertiary/aromatic N) is 1. The molecule has 0 bridgehead atoms. The molecule has 0 spiro atoms. The van der Waals surface area contributed by atoms with E-state index in [1.807, 2.05) is 6.92 Å². The largest absolute Gasteiger partial charge is 0.296 e. The van der Waals surface area contributed by atoms with Crippen molar-refractivity contribution in [2.75, 3.05) is 18.8 Å². The lowest BCUT2D eigenvalue weighted by Crippen LogP contribution is -2.41. The maximum Gasteiger partial charge on any atom is 0.173 e. The number of rotatable bonds is 1. The van der Waals surface area contributed by atoms with Crippen molar-refractivity contribution >= 4 is 9.84 Å². The van der Waals surface area contributed by atoms with Gasteiger partial charge in [-0.1, -0.05) is 6.42 Å². The molecule has 1 atom stereocenters. The van der Waals surface area contributed by atoms with Crippen LogP contribution < -0.4 is 0 Å². The van der Waals surface area contributed by atoms with E-state index in [2.05, 4.69) is 4.90 Å². The average molecular weight is 215 g/mol. The van der Waals surface area contributed by atoms with E-state index >= 15 is 0 Å². The molecule has 4 heteroatoms. The van der Waals surface area contributed by atoms with E-state index in [-0.39, 0.29) is 6.04 Å². The van der Waals surface area contributed by atoms with Crippen molar-refractivity contribution in [1.82, 2.24) is 4.90 Å². The van der Waals surface area contributed by atoms with Gasteiger partial charge in [-0.3, -0.25) is 4.90 Å². The molecule has 0 saturated carbocycles. The average Bonchev–Trinajstić information content (AvgIpc) is 2.41. The Morgan fingerprint density at radius 1 is 1.29 bits per heavy atom. The van der Waals surface area contributed by atoms with Crippen LogP contribution in [-0.4, -0.2) is 38.2 Å². The van der Waals surface area contributed by atoms with Gasteiger partial charge in [-0.15, -0.1) is 0 Å².